The molecule has 0 heterocycles. The van der Waals surface area contributed by atoms with Gasteiger partial charge in [-0.1, -0.05) is 83.1 Å². The maximum atomic E-state index is 10.3. The third-order valence-corrected chi connectivity index (χ3v) is 9.25. The van der Waals surface area contributed by atoms with Crippen molar-refractivity contribution in [1.82, 2.24) is 0 Å². The Balaban J connectivity index is 3.24. The second-order valence-electron chi connectivity index (χ2n) is 11.0. The Morgan fingerprint density at radius 2 is 0.889 bits per heavy atom. The summed E-state index contributed by atoms with van der Waals surface area (Å²) in [6, 6.07) is 6.53. The first-order valence-corrected chi connectivity index (χ1v) is 12.1. The fourth-order valence-electron chi connectivity index (χ4n) is 3.36. The van der Waals surface area contributed by atoms with Crippen LogP contribution in [-0.4, -0.2) is 25.7 Å². The highest BCUT2D eigenvalue weighted by Crippen LogP contribution is 2.61. The molecule has 0 bridgehead atoms. The zero-order chi connectivity index (χ0) is 21.4. The zero-order valence-electron chi connectivity index (χ0n) is 19.3. The van der Waals surface area contributed by atoms with E-state index in [2.05, 4.69) is 89.2 Å². The molecule has 0 saturated carbocycles. The maximum absolute atomic E-state index is 10.3. The summed E-state index contributed by atoms with van der Waals surface area (Å²) in [5, 5.41) is 10.3. The van der Waals surface area contributed by atoms with E-state index in [4.69, 9.17) is 9.05 Å². The minimum absolute atomic E-state index is 0.0113. The molecule has 0 amide bonds. The topological polar surface area (TPSA) is 38.7 Å². The van der Waals surface area contributed by atoms with Crippen molar-refractivity contribution in [3.63, 3.8) is 0 Å². The normalized spacial score (nSPS) is 14.0. The minimum atomic E-state index is -0.802. The Morgan fingerprint density at radius 1 is 0.630 bits per heavy atom. The van der Waals surface area contributed by atoms with E-state index in [9.17, 15) is 5.11 Å². The van der Waals surface area contributed by atoms with Crippen LogP contribution >= 0.6 is 16.3 Å². The summed E-state index contributed by atoms with van der Waals surface area (Å²) in [4.78, 5) is 0. The van der Waals surface area contributed by atoms with Crippen molar-refractivity contribution in [1.29, 1.82) is 0 Å². The highest BCUT2D eigenvalue weighted by Gasteiger charge is 2.39. The first-order chi connectivity index (χ1) is 11.8. The lowest BCUT2D eigenvalue weighted by molar-refractivity contribution is 0.460. The molecule has 1 rings (SSSR count). The molecule has 1 N–H and O–H groups in total. The number of phenols is 1. The van der Waals surface area contributed by atoms with Gasteiger partial charge < -0.3 is 14.2 Å². The standard InChI is InChI=1S/C22H39O3P2/c1-19(2,3)26(20(4,5)6)24-17-13-16(23)14-18(15-17)25-27(21(7,8)9)22(10,11)12/h13-14,23H,1-12H3. The van der Waals surface area contributed by atoms with Crippen molar-refractivity contribution in [2.45, 2.75) is 104 Å². The van der Waals surface area contributed by atoms with Crippen molar-refractivity contribution in [3.05, 3.63) is 18.2 Å². The molecule has 1 aromatic rings. The van der Waals surface area contributed by atoms with E-state index in [1.54, 1.807) is 12.1 Å². The third kappa shape index (κ3) is 7.43. The number of benzene rings is 1. The van der Waals surface area contributed by atoms with Gasteiger partial charge in [-0.2, -0.15) is 0 Å². The Bertz CT molecular complexity index is 549. The lowest BCUT2D eigenvalue weighted by Crippen LogP contribution is -2.28. The minimum Gasteiger partial charge on any atom is -0.508 e. The molecule has 27 heavy (non-hydrogen) atoms. The lowest BCUT2D eigenvalue weighted by Gasteiger charge is -2.40. The smallest absolute Gasteiger partial charge is 0.138 e. The van der Waals surface area contributed by atoms with Gasteiger partial charge in [-0.3, -0.25) is 0 Å². The number of hydrogen-bond donors (Lipinski definition) is 1. The molecule has 0 saturated heterocycles. The summed E-state index contributed by atoms with van der Waals surface area (Å²) < 4.78 is 12.8. The van der Waals surface area contributed by atoms with Gasteiger partial charge in [0.15, 0.2) is 0 Å². The van der Waals surface area contributed by atoms with Crippen LogP contribution in [0.2, 0.25) is 0 Å². The first-order valence-electron chi connectivity index (χ1n) is 9.55. The summed E-state index contributed by atoms with van der Waals surface area (Å²) in [5.41, 5.74) is 0. The predicted molar refractivity (Wildman–Crippen MR) is 121 cm³/mol. The van der Waals surface area contributed by atoms with Crippen LogP contribution in [0.15, 0.2) is 12.1 Å². The Hall–Kier alpha value is -0.520. The third-order valence-electron chi connectivity index (χ3n) is 3.62. The van der Waals surface area contributed by atoms with Crippen LogP contribution in [0.25, 0.3) is 0 Å². The fourth-order valence-corrected chi connectivity index (χ4v) is 9.07. The average Bonchev–Trinajstić information content (AvgIpc) is 2.36. The van der Waals surface area contributed by atoms with E-state index in [-0.39, 0.29) is 26.4 Å². The van der Waals surface area contributed by atoms with Crippen molar-refractivity contribution < 1.29 is 14.2 Å². The molecule has 0 aromatic heterocycles. The quantitative estimate of drug-likeness (QED) is 0.509. The summed E-state index contributed by atoms with van der Waals surface area (Å²) in [7, 11) is -1.60. The number of rotatable bonds is 4. The molecule has 0 aliphatic heterocycles. The van der Waals surface area contributed by atoms with E-state index in [1.165, 1.54) is 0 Å². The highest BCUT2D eigenvalue weighted by atomic mass is 31.1. The molecule has 0 fully saturated rings. The second-order valence-corrected chi connectivity index (χ2v) is 17.9. The predicted octanol–water partition coefficient (Wildman–Crippen LogP) is 7.94. The van der Waals surface area contributed by atoms with E-state index in [1.807, 2.05) is 0 Å². The SMILES string of the molecule is CC(C)(C)P(Oc1[c]c(OP(C(C)(C)C)C(C)(C)C)cc(O)c1)C(C)(C)C. The average molecular weight is 413 g/mol. The second kappa shape index (κ2) is 8.08. The van der Waals surface area contributed by atoms with E-state index >= 15 is 0 Å². The highest BCUT2D eigenvalue weighted by molar-refractivity contribution is 7.56. The summed E-state index contributed by atoms with van der Waals surface area (Å²) in [6.45, 7) is 26.4. The van der Waals surface area contributed by atoms with Crippen LogP contribution in [0.3, 0.4) is 0 Å². The molecule has 3 nitrogen and oxygen atoms in total. The van der Waals surface area contributed by atoms with E-state index in [0.29, 0.717) is 11.5 Å². The van der Waals surface area contributed by atoms with Crippen molar-refractivity contribution in [2.75, 3.05) is 0 Å². The van der Waals surface area contributed by atoms with Crippen LogP contribution in [-0.2, 0) is 0 Å². The van der Waals surface area contributed by atoms with Crippen molar-refractivity contribution in [2.24, 2.45) is 0 Å². The molecule has 0 aliphatic rings. The van der Waals surface area contributed by atoms with Gasteiger partial charge in [-0.15, -0.1) is 0 Å². The molecule has 0 atom stereocenters. The van der Waals surface area contributed by atoms with E-state index < -0.39 is 16.3 Å². The molecule has 5 heteroatoms. The molecule has 155 valence electrons. The van der Waals surface area contributed by atoms with Crippen LogP contribution < -0.4 is 9.05 Å². The monoisotopic (exact) mass is 413 g/mol. The van der Waals surface area contributed by atoms with Crippen LogP contribution in [0.5, 0.6) is 17.2 Å². The molecule has 1 radical (unpaired) electrons. The number of aromatic hydroxyl groups is 1. The van der Waals surface area contributed by atoms with E-state index in [0.717, 1.165) is 0 Å². The van der Waals surface area contributed by atoms with Crippen LogP contribution in [0, 0.1) is 6.07 Å². The molecule has 1 aromatic carbocycles. The Morgan fingerprint density at radius 3 is 1.11 bits per heavy atom. The fraction of sp³-hybridized carbons (Fsp3) is 0.727. The summed E-state index contributed by atoms with van der Waals surface area (Å²) in [6.07, 6.45) is 0. The largest absolute Gasteiger partial charge is 0.508 e. The molecule has 0 aliphatic carbocycles. The van der Waals surface area contributed by atoms with Gasteiger partial charge in [0.25, 0.3) is 0 Å². The summed E-state index contributed by atoms with van der Waals surface area (Å²) in [5.74, 6) is 1.26. The number of phenolic OH excluding ortho intramolecular Hbond substituents is 1. The molecule has 0 spiro atoms. The Labute approximate surface area is 169 Å². The van der Waals surface area contributed by atoms with Gasteiger partial charge in [-0.25, -0.2) is 0 Å². The van der Waals surface area contributed by atoms with Gasteiger partial charge >= 0.3 is 0 Å². The van der Waals surface area contributed by atoms with Crippen LogP contribution in [0.1, 0.15) is 83.1 Å². The number of hydrogen-bond acceptors (Lipinski definition) is 3. The molecular formula is C22H39O3P2. The van der Waals surface area contributed by atoms with Crippen molar-refractivity contribution in [3.8, 4) is 17.2 Å². The maximum Gasteiger partial charge on any atom is 0.138 e. The van der Waals surface area contributed by atoms with Gasteiger partial charge in [0.05, 0.1) is 22.4 Å². The van der Waals surface area contributed by atoms with Gasteiger partial charge in [-0.05, 0) is 0 Å². The van der Waals surface area contributed by atoms with Gasteiger partial charge in [0.2, 0.25) is 0 Å². The zero-order valence-corrected chi connectivity index (χ0v) is 21.1. The Kier molecular flexibility index (Phi) is 7.33. The van der Waals surface area contributed by atoms with Gasteiger partial charge in [0, 0.05) is 32.8 Å². The van der Waals surface area contributed by atoms with Crippen molar-refractivity contribution >= 4 is 16.3 Å². The van der Waals surface area contributed by atoms with Gasteiger partial charge in [0.1, 0.15) is 17.2 Å². The lowest BCUT2D eigenvalue weighted by atomic mass is 10.2. The van der Waals surface area contributed by atoms with Crippen LogP contribution in [0.4, 0.5) is 0 Å². The molecule has 0 unspecified atom stereocenters. The molecular weight excluding hydrogens is 374 g/mol. The first kappa shape index (κ1) is 24.5. The summed E-state index contributed by atoms with van der Waals surface area (Å²) >= 11 is 0.